The maximum atomic E-state index is 11.9. The zero-order valence-electron chi connectivity index (χ0n) is 16.6. The molecule has 0 spiro atoms. The summed E-state index contributed by atoms with van der Waals surface area (Å²) >= 11 is 0. The molecule has 0 unspecified atom stereocenters. The topological polar surface area (TPSA) is 54.0 Å². The summed E-state index contributed by atoms with van der Waals surface area (Å²) in [5, 5.41) is 0. The highest BCUT2D eigenvalue weighted by atomic mass is 16.6. The molecule has 0 fully saturated rings. The van der Waals surface area contributed by atoms with Crippen LogP contribution in [0.5, 0.6) is 28.7 Å². The lowest BCUT2D eigenvalue weighted by Crippen LogP contribution is -2.08. The van der Waals surface area contributed by atoms with Crippen LogP contribution < -0.4 is 18.9 Å². The average molecular weight is 382 g/mol. The normalized spacial score (nSPS) is 10.1. The Kier molecular flexibility index (Phi) is 7.69. The highest BCUT2D eigenvalue weighted by Crippen LogP contribution is 2.43. The van der Waals surface area contributed by atoms with Crippen LogP contribution in [0.25, 0.3) is 0 Å². The number of methoxy groups -OCH3 is 2. The number of carbonyl (C=O) groups is 1. The fraction of sp³-hybridized carbons (Fsp3) is 0.261. The third kappa shape index (κ3) is 5.16. The molecule has 0 aliphatic heterocycles. The lowest BCUT2D eigenvalue weighted by Gasteiger charge is -2.17. The van der Waals surface area contributed by atoms with Gasteiger partial charge in [0.1, 0.15) is 0 Å². The molecule has 0 aromatic heterocycles. The molecule has 28 heavy (non-hydrogen) atoms. The second kappa shape index (κ2) is 10.2. The van der Waals surface area contributed by atoms with Crippen molar-refractivity contribution >= 4 is 5.97 Å². The second-order valence-corrected chi connectivity index (χ2v) is 6.03. The largest absolute Gasteiger partial charge is 0.493 e. The van der Waals surface area contributed by atoms with Gasteiger partial charge in [0.05, 0.1) is 14.2 Å². The van der Waals surface area contributed by atoms with Gasteiger partial charge in [0.2, 0.25) is 5.75 Å². The van der Waals surface area contributed by atoms with Crippen molar-refractivity contribution in [2.45, 2.75) is 26.2 Å². The van der Waals surface area contributed by atoms with E-state index in [0.29, 0.717) is 29.4 Å². The van der Waals surface area contributed by atoms with Crippen molar-refractivity contribution in [1.29, 1.82) is 0 Å². The van der Waals surface area contributed by atoms with E-state index in [-0.39, 0.29) is 18.1 Å². The van der Waals surface area contributed by atoms with Crippen LogP contribution in [0.3, 0.4) is 0 Å². The first-order chi connectivity index (χ1) is 13.6. The van der Waals surface area contributed by atoms with E-state index in [4.69, 9.17) is 18.9 Å². The van der Waals surface area contributed by atoms with Crippen molar-refractivity contribution in [3.8, 4) is 28.7 Å². The maximum absolute atomic E-state index is 11.9. The Morgan fingerprint density at radius 1 is 0.893 bits per heavy atom. The highest BCUT2D eigenvalue weighted by molar-refractivity contribution is 5.74. The molecule has 0 atom stereocenters. The van der Waals surface area contributed by atoms with Crippen LogP contribution in [0.2, 0.25) is 0 Å². The number of benzene rings is 2. The van der Waals surface area contributed by atoms with Gasteiger partial charge in [0.15, 0.2) is 23.0 Å². The lowest BCUT2D eigenvalue weighted by atomic mass is 10.1. The fourth-order valence-corrected chi connectivity index (χ4v) is 2.64. The molecule has 0 aliphatic rings. The van der Waals surface area contributed by atoms with Gasteiger partial charge in [-0.25, -0.2) is 0 Å². The molecule has 148 valence electrons. The number of esters is 1. The smallest absolute Gasteiger partial charge is 0.311 e. The molecular formula is C23H26O5. The van der Waals surface area contributed by atoms with E-state index >= 15 is 0 Å². The number of ether oxygens (including phenoxy) is 4. The van der Waals surface area contributed by atoms with Gasteiger partial charge in [0.25, 0.3) is 0 Å². The molecule has 2 rings (SSSR count). The first-order valence-electron chi connectivity index (χ1n) is 9.04. The summed E-state index contributed by atoms with van der Waals surface area (Å²) in [6, 6.07) is 9.24. The third-order valence-corrected chi connectivity index (χ3v) is 4.01. The van der Waals surface area contributed by atoms with Crippen molar-refractivity contribution in [1.82, 2.24) is 0 Å². The molecule has 0 amide bonds. The van der Waals surface area contributed by atoms with Crippen LogP contribution in [0.15, 0.2) is 55.6 Å². The summed E-state index contributed by atoms with van der Waals surface area (Å²) in [6.45, 7) is 9.25. The van der Waals surface area contributed by atoms with Gasteiger partial charge in [0, 0.05) is 6.42 Å². The van der Waals surface area contributed by atoms with E-state index in [1.165, 1.54) is 7.11 Å². The van der Waals surface area contributed by atoms with Crippen LogP contribution in [-0.2, 0) is 17.6 Å². The van der Waals surface area contributed by atoms with Gasteiger partial charge in [-0.05, 0) is 48.2 Å². The van der Waals surface area contributed by atoms with Crippen molar-refractivity contribution < 1.29 is 23.7 Å². The van der Waals surface area contributed by atoms with Gasteiger partial charge in [-0.3, -0.25) is 4.79 Å². The minimum Gasteiger partial charge on any atom is -0.493 e. The Bertz CT molecular complexity index is 854. The standard InChI is InChI=1S/C23H26O5/c1-6-9-16-11-12-18(19(13-16)25-4)27-21-15-17(10-7-2)14-20(26-5)23(21)28-22(24)8-3/h6-7,11-15H,1-2,8-10H2,3-5H3. The lowest BCUT2D eigenvalue weighted by molar-refractivity contribution is -0.134. The van der Waals surface area contributed by atoms with Gasteiger partial charge in [-0.1, -0.05) is 25.1 Å². The maximum Gasteiger partial charge on any atom is 0.311 e. The molecule has 0 saturated carbocycles. The number of hydrogen-bond acceptors (Lipinski definition) is 5. The molecular weight excluding hydrogens is 356 g/mol. The summed E-state index contributed by atoms with van der Waals surface area (Å²) in [4.78, 5) is 11.9. The van der Waals surface area contributed by atoms with Crippen LogP contribution in [0.4, 0.5) is 0 Å². The number of carbonyl (C=O) groups excluding carboxylic acids is 1. The van der Waals surface area contributed by atoms with E-state index in [1.807, 2.05) is 24.3 Å². The van der Waals surface area contributed by atoms with Gasteiger partial charge < -0.3 is 18.9 Å². The minimum atomic E-state index is -0.382. The minimum absolute atomic E-state index is 0.233. The van der Waals surface area contributed by atoms with Crippen molar-refractivity contribution in [2.24, 2.45) is 0 Å². The monoisotopic (exact) mass is 382 g/mol. The summed E-state index contributed by atoms with van der Waals surface area (Å²) in [5.41, 5.74) is 1.97. The number of hydrogen-bond donors (Lipinski definition) is 0. The summed E-state index contributed by atoms with van der Waals surface area (Å²) in [6.07, 6.45) is 5.17. The molecule has 0 heterocycles. The van der Waals surface area contributed by atoms with Crippen molar-refractivity contribution in [2.75, 3.05) is 14.2 Å². The van der Waals surface area contributed by atoms with E-state index < -0.39 is 0 Å². The average Bonchev–Trinajstić information content (AvgIpc) is 2.70. The van der Waals surface area contributed by atoms with E-state index in [1.54, 1.807) is 32.2 Å². The SMILES string of the molecule is C=CCc1ccc(Oc2cc(CC=C)cc(OC)c2OC(=O)CC)c(OC)c1. The van der Waals surface area contributed by atoms with E-state index in [0.717, 1.165) is 17.5 Å². The molecule has 0 radical (unpaired) electrons. The summed E-state index contributed by atoms with van der Waals surface area (Å²) < 4.78 is 22.5. The molecule has 2 aromatic carbocycles. The molecule has 0 N–H and O–H groups in total. The highest BCUT2D eigenvalue weighted by Gasteiger charge is 2.19. The Balaban J connectivity index is 2.52. The van der Waals surface area contributed by atoms with Crippen LogP contribution in [0, 0.1) is 0 Å². The van der Waals surface area contributed by atoms with Crippen molar-refractivity contribution in [3.05, 3.63) is 66.8 Å². The predicted molar refractivity (Wildman–Crippen MR) is 110 cm³/mol. The van der Waals surface area contributed by atoms with Crippen LogP contribution >= 0.6 is 0 Å². The third-order valence-electron chi connectivity index (χ3n) is 4.01. The Morgan fingerprint density at radius 2 is 1.50 bits per heavy atom. The molecule has 5 nitrogen and oxygen atoms in total. The molecule has 0 saturated heterocycles. The molecule has 0 bridgehead atoms. The summed E-state index contributed by atoms with van der Waals surface area (Å²) in [5.74, 6) is 1.71. The first kappa shape index (κ1) is 21.1. The molecule has 5 heteroatoms. The fourth-order valence-electron chi connectivity index (χ4n) is 2.64. The number of allylic oxidation sites excluding steroid dienone is 2. The predicted octanol–water partition coefficient (Wildman–Crippen LogP) is 5.27. The Hall–Kier alpha value is -3.21. The van der Waals surface area contributed by atoms with Gasteiger partial charge in [-0.2, -0.15) is 0 Å². The Morgan fingerprint density at radius 3 is 2.11 bits per heavy atom. The zero-order chi connectivity index (χ0) is 20.5. The van der Waals surface area contributed by atoms with E-state index in [2.05, 4.69) is 13.2 Å². The molecule has 2 aromatic rings. The van der Waals surface area contributed by atoms with E-state index in [9.17, 15) is 4.79 Å². The Labute approximate surface area is 166 Å². The zero-order valence-corrected chi connectivity index (χ0v) is 16.6. The first-order valence-corrected chi connectivity index (χ1v) is 9.04. The summed E-state index contributed by atoms with van der Waals surface area (Å²) in [7, 11) is 3.09. The van der Waals surface area contributed by atoms with Crippen molar-refractivity contribution in [3.63, 3.8) is 0 Å². The quantitative estimate of drug-likeness (QED) is 0.318. The number of rotatable bonds is 10. The van der Waals surface area contributed by atoms with Crippen LogP contribution in [-0.4, -0.2) is 20.2 Å². The van der Waals surface area contributed by atoms with Gasteiger partial charge in [-0.15, -0.1) is 13.2 Å². The second-order valence-electron chi connectivity index (χ2n) is 6.03. The van der Waals surface area contributed by atoms with Gasteiger partial charge >= 0.3 is 5.97 Å². The molecule has 0 aliphatic carbocycles. The van der Waals surface area contributed by atoms with Crippen LogP contribution in [0.1, 0.15) is 24.5 Å².